The molecule has 0 aromatic carbocycles. The van der Waals surface area contributed by atoms with Crippen molar-refractivity contribution in [3.63, 3.8) is 0 Å². The molecule has 0 radical (unpaired) electrons. The molecule has 1 N–H and O–H groups in total. The summed E-state index contributed by atoms with van der Waals surface area (Å²) in [5.41, 5.74) is 0. The molecule has 0 aliphatic heterocycles. The van der Waals surface area contributed by atoms with E-state index in [-0.39, 0.29) is 0 Å². The average molecular weight is 211 g/mol. The Morgan fingerprint density at radius 2 is 1.67 bits per heavy atom. The maximum absolute atomic E-state index is 3.71. The molecule has 0 spiro atoms. The molecule has 0 bridgehead atoms. The lowest BCUT2D eigenvalue weighted by Gasteiger charge is -2.27. The quantitative estimate of drug-likeness (QED) is 0.643. The van der Waals surface area contributed by atoms with E-state index in [1.54, 1.807) is 0 Å². The summed E-state index contributed by atoms with van der Waals surface area (Å²) in [5, 5.41) is 3.71. The van der Waals surface area contributed by atoms with Crippen LogP contribution in [0.15, 0.2) is 0 Å². The van der Waals surface area contributed by atoms with E-state index < -0.39 is 0 Å². The maximum atomic E-state index is 3.71. The third-order valence-corrected chi connectivity index (χ3v) is 3.74. The van der Waals surface area contributed by atoms with Crippen LogP contribution in [0.3, 0.4) is 0 Å². The Kier molecular flexibility index (Phi) is 5.66. The molecule has 1 atom stereocenters. The molecule has 0 amide bonds. The van der Waals surface area contributed by atoms with Crippen molar-refractivity contribution in [2.75, 3.05) is 6.54 Å². The average Bonchev–Trinajstić information content (AvgIpc) is 2.98. The largest absolute Gasteiger partial charge is 0.314 e. The van der Waals surface area contributed by atoms with Crippen molar-refractivity contribution in [3.8, 4) is 0 Å². The minimum Gasteiger partial charge on any atom is -0.314 e. The van der Waals surface area contributed by atoms with Crippen LogP contribution < -0.4 is 5.32 Å². The lowest BCUT2D eigenvalue weighted by atomic mass is 9.82. The first-order valence-electron chi connectivity index (χ1n) is 6.90. The molecule has 1 aliphatic carbocycles. The first-order chi connectivity index (χ1) is 7.17. The molecule has 0 aromatic heterocycles. The van der Waals surface area contributed by atoms with Gasteiger partial charge in [0.1, 0.15) is 0 Å². The molecule has 1 saturated carbocycles. The highest BCUT2D eigenvalue weighted by atomic mass is 14.9. The van der Waals surface area contributed by atoms with Crippen molar-refractivity contribution >= 4 is 0 Å². The van der Waals surface area contributed by atoms with Crippen LogP contribution in [0.25, 0.3) is 0 Å². The van der Waals surface area contributed by atoms with Crippen molar-refractivity contribution in [3.05, 3.63) is 0 Å². The molecule has 1 heteroatoms. The number of rotatable bonds is 8. The highest BCUT2D eigenvalue weighted by molar-refractivity contribution is 4.83. The zero-order valence-electron chi connectivity index (χ0n) is 11.1. The SMILES string of the molecule is CCC(CC)C(CNC1CC1)CC(C)C. The van der Waals surface area contributed by atoms with Gasteiger partial charge in [0.25, 0.3) is 0 Å². The summed E-state index contributed by atoms with van der Waals surface area (Å²) in [6.45, 7) is 10.7. The summed E-state index contributed by atoms with van der Waals surface area (Å²) in [6.07, 6.45) is 6.92. The van der Waals surface area contributed by atoms with Crippen molar-refractivity contribution in [2.45, 2.75) is 65.8 Å². The standard InChI is InChI=1S/C14H29N/c1-5-12(6-2)13(9-11(3)4)10-15-14-7-8-14/h11-15H,5-10H2,1-4H3. The zero-order chi connectivity index (χ0) is 11.3. The van der Waals surface area contributed by atoms with Gasteiger partial charge in [-0.2, -0.15) is 0 Å². The van der Waals surface area contributed by atoms with Gasteiger partial charge in [0, 0.05) is 6.04 Å². The molecule has 0 heterocycles. The van der Waals surface area contributed by atoms with E-state index in [0.717, 1.165) is 23.8 Å². The van der Waals surface area contributed by atoms with Crippen molar-refractivity contribution in [1.29, 1.82) is 0 Å². The van der Waals surface area contributed by atoms with Crippen LogP contribution >= 0.6 is 0 Å². The van der Waals surface area contributed by atoms with E-state index in [4.69, 9.17) is 0 Å². The van der Waals surface area contributed by atoms with E-state index in [1.165, 1.54) is 38.6 Å². The summed E-state index contributed by atoms with van der Waals surface area (Å²) < 4.78 is 0. The van der Waals surface area contributed by atoms with Crippen molar-refractivity contribution in [1.82, 2.24) is 5.32 Å². The summed E-state index contributed by atoms with van der Waals surface area (Å²) in [4.78, 5) is 0. The van der Waals surface area contributed by atoms with Gasteiger partial charge in [-0.3, -0.25) is 0 Å². The van der Waals surface area contributed by atoms with Crippen LogP contribution in [0.4, 0.5) is 0 Å². The van der Waals surface area contributed by atoms with Crippen LogP contribution in [-0.4, -0.2) is 12.6 Å². The Balaban J connectivity index is 2.34. The van der Waals surface area contributed by atoms with Crippen molar-refractivity contribution in [2.24, 2.45) is 17.8 Å². The second-order valence-electron chi connectivity index (χ2n) is 5.65. The fraction of sp³-hybridized carbons (Fsp3) is 1.00. The Bertz CT molecular complexity index is 157. The van der Waals surface area contributed by atoms with Gasteiger partial charge >= 0.3 is 0 Å². The molecule has 0 aromatic rings. The summed E-state index contributed by atoms with van der Waals surface area (Å²) in [6, 6.07) is 0.869. The Labute approximate surface area is 96.0 Å². The number of hydrogen-bond donors (Lipinski definition) is 1. The van der Waals surface area contributed by atoms with E-state index in [1.807, 2.05) is 0 Å². The molecule has 0 saturated heterocycles. The van der Waals surface area contributed by atoms with Gasteiger partial charge in [0.05, 0.1) is 0 Å². The number of nitrogens with one attached hydrogen (secondary N) is 1. The van der Waals surface area contributed by atoms with Gasteiger partial charge in [-0.15, -0.1) is 0 Å². The highest BCUT2D eigenvalue weighted by Gasteiger charge is 2.24. The summed E-state index contributed by atoms with van der Waals surface area (Å²) in [7, 11) is 0. The third kappa shape index (κ3) is 5.01. The number of hydrogen-bond acceptors (Lipinski definition) is 1. The third-order valence-electron chi connectivity index (χ3n) is 3.74. The molecular formula is C14H29N. The molecule has 90 valence electrons. The summed E-state index contributed by atoms with van der Waals surface area (Å²) >= 11 is 0. The maximum Gasteiger partial charge on any atom is 0.00683 e. The molecule has 1 fully saturated rings. The lowest BCUT2D eigenvalue weighted by molar-refractivity contribution is 0.256. The summed E-state index contributed by atoms with van der Waals surface area (Å²) in [5.74, 6) is 2.68. The minimum absolute atomic E-state index is 0.844. The van der Waals surface area contributed by atoms with E-state index >= 15 is 0 Å². The molecule has 15 heavy (non-hydrogen) atoms. The van der Waals surface area contributed by atoms with E-state index in [0.29, 0.717) is 0 Å². The molecular weight excluding hydrogens is 182 g/mol. The van der Waals surface area contributed by atoms with Crippen LogP contribution in [-0.2, 0) is 0 Å². The molecule has 1 aliphatic rings. The topological polar surface area (TPSA) is 12.0 Å². The van der Waals surface area contributed by atoms with Gasteiger partial charge < -0.3 is 5.32 Å². The first-order valence-corrected chi connectivity index (χ1v) is 6.90. The van der Waals surface area contributed by atoms with Gasteiger partial charge in [0.2, 0.25) is 0 Å². The minimum atomic E-state index is 0.844. The smallest absolute Gasteiger partial charge is 0.00683 e. The van der Waals surface area contributed by atoms with Gasteiger partial charge in [-0.05, 0) is 43.6 Å². The fourth-order valence-corrected chi connectivity index (χ4v) is 2.61. The first kappa shape index (κ1) is 13.0. The van der Waals surface area contributed by atoms with E-state index in [9.17, 15) is 0 Å². The van der Waals surface area contributed by atoms with Crippen LogP contribution in [0, 0.1) is 17.8 Å². The van der Waals surface area contributed by atoms with Crippen LogP contribution in [0.2, 0.25) is 0 Å². The monoisotopic (exact) mass is 211 g/mol. The van der Waals surface area contributed by atoms with Crippen molar-refractivity contribution < 1.29 is 0 Å². The van der Waals surface area contributed by atoms with Gasteiger partial charge in [0.15, 0.2) is 0 Å². The predicted molar refractivity (Wildman–Crippen MR) is 68.0 cm³/mol. The van der Waals surface area contributed by atoms with Gasteiger partial charge in [-0.25, -0.2) is 0 Å². The van der Waals surface area contributed by atoms with E-state index in [2.05, 4.69) is 33.0 Å². The molecule has 1 unspecified atom stereocenters. The molecule has 1 nitrogen and oxygen atoms in total. The van der Waals surface area contributed by atoms with Crippen LogP contribution in [0.1, 0.15) is 59.8 Å². The van der Waals surface area contributed by atoms with Crippen LogP contribution in [0.5, 0.6) is 0 Å². The Morgan fingerprint density at radius 3 is 2.07 bits per heavy atom. The predicted octanol–water partition coefficient (Wildman–Crippen LogP) is 3.84. The lowest BCUT2D eigenvalue weighted by Crippen LogP contribution is -2.30. The zero-order valence-corrected chi connectivity index (χ0v) is 11.1. The Morgan fingerprint density at radius 1 is 1.07 bits per heavy atom. The molecule has 1 rings (SSSR count). The Hall–Kier alpha value is -0.0400. The highest BCUT2D eigenvalue weighted by Crippen LogP contribution is 2.27. The second-order valence-corrected chi connectivity index (χ2v) is 5.65. The second kappa shape index (κ2) is 6.52. The fourth-order valence-electron chi connectivity index (χ4n) is 2.61. The normalized spacial score (nSPS) is 18.8. The van der Waals surface area contributed by atoms with Gasteiger partial charge in [-0.1, -0.05) is 40.5 Å².